The molecule has 6 nitrogen and oxygen atoms in total. The van der Waals surface area contributed by atoms with Gasteiger partial charge in [0.15, 0.2) is 0 Å². The summed E-state index contributed by atoms with van der Waals surface area (Å²) in [6.45, 7) is 2.00. The molecule has 0 bridgehead atoms. The van der Waals surface area contributed by atoms with Gasteiger partial charge in [-0.05, 0) is 18.2 Å². The van der Waals surface area contributed by atoms with E-state index in [1.165, 1.54) is 0 Å². The second kappa shape index (κ2) is 7.18. The smallest absolute Gasteiger partial charge is 0.243 e. The molecule has 3 rings (SSSR count). The van der Waals surface area contributed by atoms with Crippen molar-refractivity contribution in [3.63, 3.8) is 0 Å². The lowest BCUT2D eigenvalue weighted by molar-refractivity contribution is -0.148. The lowest BCUT2D eigenvalue weighted by atomic mass is 9.81. The zero-order chi connectivity index (χ0) is 18.9. The SMILES string of the molecule is C#CCC1(C(=O)N2CCN(c3ccc(Cl)c(Cl)c3)CC2)CC(=O)NC1=O. The van der Waals surface area contributed by atoms with Crippen LogP contribution >= 0.6 is 23.2 Å². The Morgan fingerprint density at radius 2 is 1.88 bits per heavy atom. The number of nitrogens with zero attached hydrogens (tertiary/aromatic N) is 2. The van der Waals surface area contributed by atoms with E-state index in [9.17, 15) is 14.4 Å². The Labute approximate surface area is 161 Å². The molecule has 1 atom stereocenters. The molecule has 2 saturated heterocycles. The number of amides is 3. The number of carbonyl (C=O) groups is 3. The monoisotopic (exact) mass is 393 g/mol. The normalized spacial score (nSPS) is 23.0. The highest BCUT2D eigenvalue weighted by Crippen LogP contribution is 2.34. The number of halogens is 2. The predicted octanol–water partition coefficient (Wildman–Crippen LogP) is 1.70. The Morgan fingerprint density at radius 1 is 1.19 bits per heavy atom. The average molecular weight is 394 g/mol. The summed E-state index contributed by atoms with van der Waals surface area (Å²) in [5, 5.41) is 3.15. The molecule has 2 heterocycles. The van der Waals surface area contributed by atoms with E-state index >= 15 is 0 Å². The third-order valence-electron chi connectivity index (χ3n) is 4.80. The quantitative estimate of drug-likeness (QED) is 0.482. The summed E-state index contributed by atoms with van der Waals surface area (Å²) in [7, 11) is 0. The van der Waals surface area contributed by atoms with E-state index in [2.05, 4.69) is 16.1 Å². The number of rotatable bonds is 3. The minimum Gasteiger partial charge on any atom is -0.368 e. The first kappa shape index (κ1) is 18.6. The maximum atomic E-state index is 13.0. The van der Waals surface area contributed by atoms with Gasteiger partial charge in [0.25, 0.3) is 0 Å². The van der Waals surface area contributed by atoms with Gasteiger partial charge in [-0.2, -0.15) is 0 Å². The van der Waals surface area contributed by atoms with Crippen molar-refractivity contribution in [2.45, 2.75) is 12.8 Å². The molecule has 1 unspecified atom stereocenters. The maximum Gasteiger partial charge on any atom is 0.243 e. The summed E-state index contributed by atoms with van der Waals surface area (Å²) >= 11 is 12.0. The molecule has 2 aliphatic heterocycles. The minimum atomic E-state index is -1.47. The van der Waals surface area contributed by atoms with Crippen LogP contribution in [0.1, 0.15) is 12.8 Å². The first-order chi connectivity index (χ1) is 12.4. The highest BCUT2D eigenvalue weighted by Gasteiger charge is 2.54. The van der Waals surface area contributed by atoms with Gasteiger partial charge in [-0.15, -0.1) is 12.3 Å². The molecule has 2 fully saturated rings. The van der Waals surface area contributed by atoms with Crippen LogP contribution in [0.25, 0.3) is 0 Å². The second-order valence-corrected chi connectivity index (χ2v) is 7.21. The number of anilines is 1. The van der Waals surface area contributed by atoms with Crippen LogP contribution in [0.15, 0.2) is 18.2 Å². The van der Waals surface area contributed by atoms with Gasteiger partial charge in [-0.25, -0.2) is 0 Å². The molecule has 1 aromatic carbocycles. The summed E-state index contributed by atoms with van der Waals surface area (Å²) in [5.74, 6) is 0.923. The van der Waals surface area contributed by atoms with Crippen molar-refractivity contribution < 1.29 is 14.4 Å². The molecule has 1 N–H and O–H groups in total. The van der Waals surface area contributed by atoms with Crippen molar-refractivity contribution >= 4 is 46.6 Å². The Bertz CT molecular complexity index is 812. The largest absolute Gasteiger partial charge is 0.368 e. The van der Waals surface area contributed by atoms with Crippen LogP contribution < -0.4 is 10.2 Å². The molecule has 0 saturated carbocycles. The second-order valence-electron chi connectivity index (χ2n) is 6.39. The van der Waals surface area contributed by atoms with Crippen LogP contribution in [0.3, 0.4) is 0 Å². The van der Waals surface area contributed by atoms with Gasteiger partial charge in [0, 0.05) is 38.3 Å². The van der Waals surface area contributed by atoms with Crippen molar-refractivity contribution in [3.05, 3.63) is 28.2 Å². The molecule has 2 aliphatic rings. The number of carbonyl (C=O) groups excluding carboxylic acids is 3. The first-order valence-electron chi connectivity index (χ1n) is 8.14. The molecule has 8 heteroatoms. The molecular weight excluding hydrogens is 377 g/mol. The first-order valence-corrected chi connectivity index (χ1v) is 8.90. The molecule has 0 radical (unpaired) electrons. The van der Waals surface area contributed by atoms with Gasteiger partial charge < -0.3 is 9.80 Å². The number of terminal acetylenes is 1. The van der Waals surface area contributed by atoms with Crippen LogP contribution in [0.5, 0.6) is 0 Å². The third kappa shape index (κ3) is 3.25. The van der Waals surface area contributed by atoms with Crippen LogP contribution in [0, 0.1) is 17.8 Å². The van der Waals surface area contributed by atoms with E-state index in [4.69, 9.17) is 29.6 Å². The zero-order valence-corrected chi connectivity index (χ0v) is 15.4. The fraction of sp³-hybridized carbons (Fsp3) is 0.389. The highest BCUT2D eigenvalue weighted by molar-refractivity contribution is 6.42. The number of hydrogen-bond acceptors (Lipinski definition) is 4. The van der Waals surface area contributed by atoms with Crippen LogP contribution in [-0.2, 0) is 14.4 Å². The molecule has 3 amide bonds. The van der Waals surface area contributed by atoms with E-state index < -0.39 is 17.2 Å². The van der Waals surface area contributed by atoms with Crippen LogP contribution in [0.2, 0.25) is 10.0 Å². The molecular formula is C18H17Cl2N3O3. The van der Waals surface area contributed by atoms with Crippen molar-refractivity contribution in [1.82, 2.24) is 10.2 Å². The summed E-state index contributed by atoms with van der Waals surface area (Å²) in [5.41, 5.74) is -0.559. The molecule has 1 aromatic rings. The predicted molar refractivity (Wildman–Crippen MR) is 98.9 cm³/mol. The van der Waals surface area contributed by atoms with Crippen molar-refractivity contribution in [2.75, 3.05) is 31.1 Å². The summed E-state index contributed by atoms with van der Waals surface area (Å²) in [6.07, 6.45) is 5.07. The maximum absolute atomic E-state index is 13.0. The van der Waals surface area contributed by atoms with Gasteiger partial charge in [0.05, 0.1) is 16.5 Å². The van der Waals surface area contributed by atoms with Gasteiger partial charge in [-0.3, -0.25) is 19.7 Å². The Kier molecular flexibility index (Phi) is 5.12. The Hall–Kier alpha value is -2.23. The lowest BCUT2D eigenvalue weighted by Crippen LogP contribution is -2.55. The standard InChI is InChI=1S/C18H17Cl2N3O3/c1-2-5-18(11-15(24)21-16(18)25)17(26)23-8-6-22(7-9-23)12-3-4-13(19)14(20)10-12/h1,3-4,10H,5-9,11H2,(H,21,24,25). The van der Waals surface area contributed by atoms with Crippen molar-refractivity contribution in [2.24, 2.45) is 5.41 Å². The van der Waals surface area contributed by atoms with Crippen LogP contribution in [-0.4, -0.2) is 48.8 Å². The topological polar surface area (TPSA) is 69.7 Å². The van der Waals surface area contributed by atoms with Gasteiger partial charge in [-0.1, -0.05) is 23.2 Å². The summed E-state index contributed by atoms with van der Waals surface area (Å²) in [6, 6.07) is 5.38. The Morgan fingerprint density at radius 3 is 2.42 bits per heavy atom. The summed E-state index contributed by atoms with van der Waals surface area (Å²) in [4.78, 5) is 40.5. The molecule has 0 spiro atoms. The van der Waals surface area contributed by atoms with E-state index in [0.29, 0.717) is 36.2 Å². The molecule has 0 aromatic heterocycles. The van der Waals surface area contributed by atoms with Gasteiger partial charge in [0.2, 0.25) is 17.7 Å². The summed E-state index contributed by atoms with van der Waals surface area (Å²) < 4.78 is 0. The average Bonchev–Trinajstić information content (AvgIpc) is 2.91. The number of nitrogens with one attached hydrogen (secondary N) is 1. The molecule has 136 valence electrons. The fourth-order valence-electron chi connectivity index (χ4n) is 3.36. The van der Waals surface area contributed by atoms with Crippen molar-refractivity contribution in [3.8, 4) is 12.3 Å². The van der Waals surface area contributed by atoms with Gasteiger partial charge in [0.1, 0.15) is 5.41 Å². The highest BCUT2D eigenvalue weighted by atomic mass is 35.5. The van der Waals surface area contributed by atoms with E-state index in [0.717, 1.165) is 5.69 Å². The van der Waals surface area contributed by atoms with E-state index in [1.807, 2.05) is 6.07 Å². The third-order valence-corrected chi connectivity index (χ3v) is 5.54. The van der Waals surface area contributed by atoms with Crippen molar-refractivity contribution in [1.29, 1.82) is 0 Å². The van der Waals surface area contributed by atoms with Gasteiger partial charge >= 0.3 is 0 Å². The number of imide groups is 1. The lowest BCUT2D eigenvalue weighted by Gasteiger charge is -2.39. The zero-order valence-electron chi connectivity index (χ0n) is 13.9. The fourth-order valence-corrected chi connectivity index (χ4v) is 3.65. The number of piperazine rings is 1. The van der Waals surface area contributed by atoms with E-state index in [-0.39, 0.29) is 18.7 Å². The van der Waals surface area contributed by atoms with Crippen LogP contribution in [0.4, 0.5) is 5.69 Å². The minimum absolute atomic E-state index is 0.0869. The molecule has 26 heavy (non-hydrogen) atoms. The van der Waals surface area contributed by atoms with E-state index in [1.54, 1.807) is 17.0 Å². The number of hydrogen-bond donors (Lipinski definition) is 1. The molecule has 0 aliphatic carbocycles. The Balaban J connectivity index is 1.71. The number of benzene rings is 1.